The number of amides is 2. The summed E-state index contributed by atoms with van der Waals surface area (Å²) in [4.78, 5) is 38.4. The summed E-state index contributed by atoms with van der Waals surface area (Å²) in [6.07, 6.45) is -0.499. The molecule has 0 spiro atoms. The maximum atomic E-state index is 12.7. The number of hydrogen-bond acceptors (Lipinski definition) is 7. The van der Waals surface area contributed by atoms with E-state index in [1.165, 1.54) is 11.8 Å². The van der Waals surface area contributed by atoms with Gasteiger partial charge in [0, 0.05) is 0 Å². The Morgan fingerprint density at radius 1 is 1.40 bits per heavy atom. The topological polar surface area (TPSA) is 101 Å². The maximum absolute atomic E-state index is 12.7. The van der Waals surface area contributed by atoms with Crippen molar-refractivity contribution in [3.63, 3.8) is 0 Å². The molecule has 0 unspecified atom stereocenters. The van der Waals surface area contributed by atoms with E-state index in [1.54, 1.807) is 24.3 Å². The molecule has 1 N–H and O–H groups in total. The van der Waals surface area contributed by atoms with E-state index in [-0.39, 0.29) is 12.5 Å². The molecular formula is C16H16N4O4S. The minimum absolute atomic E-state index is 0.125. The van der Waals surface area contributed by atoms with Crippen molar-refractivity contribution in [1.82, 2.24) is 9.59 Å². The summed E-state index contributed by atoms with van der Waals surface area (Å²) in [7, 11) is 0. The van der Waals surface area contributed by atoms with Crippen LogP contribution in [0.2, 0.25) is 0 Å². The number of esters is 1. The molecule has 1 aromatic heterocycles. The Kier molecular flexibility index (Phi) is 4.75. The number of carbonyl (C=O) groups is 3. The molecule has 0 aliphatic carbocycles. The lowest BCUT2D eigenvalue weighted by Gasteiger charge is -2.30. The van der Waals surface area contributed by atoms with Crippen molar-refractivity contribution in [2.24, 2.45) is 0 Å². The summed E-state index contributed by atoms with van der Waals surface area (Å²) in [6, 6.07) is 6.97. The van der Waals surface area contributed by atoms with Crippen molar-refractivity contribution in [3.8, 4) is 0 Å². The van der Waals surface area contributed by atoms with Gasteiger partial charge >= 0.3 is 5.97 Å². The van der Waals surface area contributed by atoms with Crippen LogP contribution in [0.4, 0.5) is 11.4 Å². The van der Waals surface area contributed by atoms with E-state index < -0.39 is 18.0 Å². The fourth-order valence-electron chi connectivity index (χ4n) is 2.51. The summed E-state index contributed by atoms with van der Waals surface area (Å²) >= 11 is 0.936. The molecule has 1 aromatic carbocycles. The molecule has 0 bridgehead atoms. The summed E-state index contributed by atoms with van der Waals surface area (Å²) in [5.74, 6) is -1.40. The molecule has 1 aliphatic heterocycles. The van der Waals surface area contributed by atoms with Gasteiger partial charge in [0.05, 0.1) is 17.1 Å². The van der Waals surface area contributed by atoms with Gasteiger partial charge in [0.2, 0.25) is 5.91 Å². The molecule has 25 heavy (non-hydrogen) atoms. The van der Waals surface area contributed by atoms with Crippen LogP contribution in [0.1, 0.15) is 29.2 Å². The fourth-order valence-corrected chi connectivity index (χ4v) is 3.14. The number of aryl methyl sites for hydroxylation is 1. The van der Waals surface area contributed by atoms with Gasteiger partial charge in [0.1, 0.15) is 6.54 Å². The van der Waals surface area contributed by atoms with E-state index in [9.17, 15) is 14.4 Å². The lowest BCUT2D eigenvalue weighted by Crippen LogP contribution is -2.47. The molecule has 1 aliphatic rings. The van der Waals surface area contributed by atoms with Crippen LogP contribution in [0.15, 0.2) is 24.3 Å². The zero-order chi connectivity index (χ0) is 18.0. The molecule has 0 saturated heterocycles. The summed E-state index contributed by atoms with van der Waals surface area (Å²) < 4.78 is 9.01. The van der Waals surface area contributed by atoms with E-state index in [4.69, 9.17) is 4.74 Å². The Balaban J connectivity index is 1.77. The van der Waals surface area contributed by atoms with Crippen LogP contribution in [-0.4, -0.2) is 40.0 Å². The van der Waals surface area contributed by atoms with Crippen LogP contribution >= 0.6 is 11.5 Å². The predicted molar refractivity (Wildman–Crippen MR) is 91.6 cm³/mol. The fraction of sp³-hybridized carbons (Fsp3) is 0.312. The molecule has 2 amide bonds. The van der Waals surface area contributed by atoms with E-state index in [2.05, 4.69) is 14.9 Å². The van der Waals surface area contributed by atoms with Gasteiger partial charge in [-0.05, 0) is 37.0 Å². The van der Waals surface area contributed by atoms with Crippen LogP contribution in [0.25, 0.3) is 0 Å². The van der Waals surface area contributed by atoms with Gasteiger partial charge in [-0.25, -0.2) is 4.79 Å². The minimum atomic E-state index is -1.04. The van der Waals surface area contributed by atoms with Gasteiger partial charge in [-0.15, -0.1) is 5.10 Å². The molecule has 0 fully saturated rings. The number of ether oxygens (including phenoxy) is 1. The molecule has 130 valence electrons. The summed E-state index contributed by atoms with van der Waals surface area (Å²) in [5, 5.41) is 6.56. The minimum Gasteiger partial charge on any atom is -0.448 e. The zero-order valence-corrected chi connectivity index (χ0v) is 14.5. The number of fused-ring (bicyclic) bond motifs is 1. The lowest BCUT2D eigenvalue weighted by molar-refractivity contribution is -0.128. The smallest absolute Gasteiger partial charge is 0.352 e. The number of nitrogens with zero attached hydrogens (tertiary/aromatic N) is 3. The van der Waals surface area contributed by atoms with Crippen molar-refractivity contribution in [3.05, 3.63) is 34.8 Å². The van der Waals surface area contributed by atoms with Crippen LogP contribution < -0.4 is 10.2 Å². The molecule has 2 heterocycles. The highest BCUT2D eigenvalue weighted by Crippen LogP contribution is 2.29. The van der Waals surface area contributed by atoms with E-state index in [0.717, 1.165) is 11.5 Å². The molecule has 2 aromatic rings. The first-order valence-corrected chi connectivity index (χ1v) is 8.51. The van der Waals surface area contributed by atoms with Crippen molar-refractivity contribution < 1.29 is 19.1 Å². The van der Waals surface area contributed by atoms with Gasteiger partial charge in [0.25, 0.3) is 5.91 Å². The number of anilines is 2. The molecule has 9 heteroatoms. The molecule has 0 saturated carbocycles. The quantitative estimate of drug-likeness (QED) is 0.832. The average Bonchev–Trinajstić information content (AvgIpc) is 3.09. The van der Waals surface area contributed by atoms with Crippen molar-refractivity contribution in [2.45, 2.75) is 26.4 Å². The second-order valence-corrected chi connectivity index (χ2v) is 6.19. The molecule has 0 radical (unpaired) electrons. The van der Waals surface area contributed by atoms with Crippen molar-refractivity contribution in [1.29, 1.82) is 0 Å². The first-order valence-electron chi connectivity index (χ1n) is 7.73. The third kappa shape index (κ3) is 3.36. The zero-order valence-electron chi connectivity index (χ0n) is 13.7. The molecule has 3 rings (SSSR count). The lowest BCUT2D eigenvalue weighted by atomic mass is 10.1. The van der Waals surface area contributed by atoms with E-state index in [0.29, 0.717) is 28.4 Å². The van der Waals surface area contributed by atoms with E-state index in [1.807, 2.05) is 6.92 Å². The first kappa shape index (κ1) is 17.0. The Bertz CT molecular complexity index is 835. The number of rotatable bonds is 4. The number of benzene rings is 1. The van der Waals surface area contributed by atoms with Gasteiger partial charge < -0.3 is 10.1 Å². The van der Waals surface area contributed by atoms with Crippen LogP contribution in [-0.2, 0) is 20.7 Å². The average molecular weight is 360 g/mol. The third-order valence-electron chi connectivity index (χ3n) is 3.74. The Morgan fingerprint density at radius 2 is 2.16 bits per heavy atom. The third-order valence-corrected chi connectivity index (χ3v) is 4.49. The van der Waals surface area contributed by atoms with E-state index >= 15 is 0 Å². The Hall–Kier alpha value is -2.81. The number of carbonyl (C=O) groups excluding carboxylic acids is 3. The van der Waals surface area contributed by atoms with Crippen LogP contribution in [0.3, 0.4) is 0 Å². The first-order chi connectivity index (χ1) is 12.0. The molecular weight excluding hydrogens is 344 g/mol. The maximum Gasteiger partial charge on any atom is 0.352 e. The second-order valence-electron chi connectivity index (χ2n) is 5.44. The number of para-hydroxylation sites is 2. The monoisotopic (exact) mass is 360 g/mol. The largest absolute Gasteiger partial charge is 0.448 e. The number of hydrogen-bond donors (Lipinski definition) is 1. The van der Waals surface area contributed by atoms with Gasteiger partial charge in [-0.1, -0.05) is 23.5 Å². The van der Waals surface area contributed by atoms with Crippen molar-refractivity contribution >= 4 is 40.7 Å². The summed E-state index contributed by atoms with van der Waals surface area (Å²) in [5.41, 5.74) is 1.66. The Morgan fingerprint density at radius 3 is 2.92 bits per heavy atom. The predicted octanol–water partition coefficient (Wildman–Crippen LogP) is 1.63. The van der Waals surface area contributed by atoms with Crippen LogP contribution in [0, 0.1) is 0 Å². The molecule has 8 nitrogen and oxygen atoms in total. The summed E-state index contributed by atoms with van der Waals surface area (Å²) in [6.45, 7) is 3.21. The number of nitrogens with one attached hydrogen (secondary N) is 1. The SMILES string of the molecule is CCc1nnsc1C(=O)O[C@@H](C)C(=O)N1CC(=O)Nc2ccccc21. The van der Waals surface area contributed by atoms with Gasteiger partial charge in [0.15, 0.2) is 11.0 Å². The molecule has 1 atom stereocenters. The second kappa shape index (κ2) is 6.98. The Labute approximate surface area is 147 Å². The van der Waals surface area contributed by atoms with Crippen LogP contribution in [0.5, 0.6) is 0 Å². The highest BCUT2D eigenvalue weighted by atomic mass is 32.1. The van der Waals surface area contributed by atoms with Crippen molar-refractivity contribution in [2.75, 3.05) is 16.8 Å². The number of aromatic nitrogens is 2. The highest BCUT2D eigenvalue weighted by Gasteiger charge is 2.32. The highest BCUT2D eigenvalue weighted by molar-refractivity contribution is 7.07. The normalized spacial score (nSPS) is 14.5. The standard InChI is InChI=1S/C16H16N4O4S/c1-3-10-14(25-19-18-10)16(23)24-9(2)15(22)20-8-13(21)17-11-6-4-5-7-12(11)20/h4-7,9H,3,8H2,1-2H3,(H,17,21)/t9-/m0/s1. The van der Waals surface area contributed by atoms with Gasteiger partial charge in [-0.3, -0.25) is 14.5 Å². The van der Waals surface area contributed by atoms with Gasteiger partial charge in [-0.2, -0.15) is 0 Å².